The van der Waals surface area contributed by atoms with Gasteiger partial charge in [0.2, 0.25) is 0 Å². The Labute approximate surface area is 180 Å². The van der Waals surface area contributed by atoms with E-state index in [4.69, 9.17) is 9.72 Å². The normalized spacial score (nSPS) is 14.0. The smallest absolute Gasteiger partial charge is 0.339 e. The molecular weight excluding hydrogens is 386 g/mol. The van der Waals surface area contributed by atoms with Crippen LogP contribution >= 0.6 is 0 Å². The lowest BCUT2D eigenvalue weighted by atomic mass is 10.0. The Morgan fingerprint density at radius 3 is 2.48 bits per heavy atom. The van der Waals surface area contributed by atoms with Crippen molar-refractivity contribution in [3.8, 4) is 5.75 Å². The van der Waals surface area contributed by atoms with Gasteiger partial charge in [-0.15, -0.1) is 0 Å². The third kappa shape index (κ3) is 3.80. The summed E-state index contributed by atoms with van der Waals surface area (Å²) in [6.45, 7) is 0.237. The minimum Gasteiger partial charge on any atom is -0.508 e. The van der Waals surface area contributed by atoms with Crippen LogP contribution in [0.3, 0.4) is 0 Å². The van der Waals surface area contributed by atoms with Crippen LogP contribution in [0.4, 0.5) is 0 Å². The Balaban J connectivity index is 1.55. The fourth-order valence-electron chi connectivity index (χ4n) is 4.08. The van der Waals surface area contributed by atoms with E-state index in [-0.39, 0.29) is 18.3 Å². The molecule has 152 valence electrons. The number of benzene rings is 3. The summed E-state index contributed by atoms with van der Waals surface area (Å²) in [5.74, 6) is -0.0777. The van der Waals surface area contributed by atoms with E-state index in [1.807, 2.05) is 66.7 Å². The van der Waals surface area contributed by atoms with E-state index < -0.39 is 0 Å². The molecule has 0 amide bonds. The van der Waals surface area contributed by atoms with E-state index in [1.165, 1.54) is 0 Å². The van der Waals surface area contributed by atoms with E-state index in [0.717, 1.165) is 51.7 Å². The van der Waals surface area contributed by atoms with Gasteiger partial charge in [-0.1, -0.05) is 60.7 Å². The van der Waals surface area contributed by atoms with Gasteiger partial charge in [0.05, 0.1) is 16.8 Å². The number of esters is 1. The molecule has 4 nitrogen and oxygen atoms in total. The summed E-state index contributed by atoms with van der Waals surface area (Å²) in [7, 11) is 0. The highest BCUT2D eigenvalue weighted by Gasteiger charge is 2.27. The molecule has 31 heavy (non-hydrogen) atoms. The summed E-state index contributed by atoms with van der Waals surface area (Å²) in [6, 6.07) is 24.5. The number of phenolic OH excluding ortho intramolecular Hbond substituents is 1. The predicted molar refractivity (Wildman–Crippen MR) is 122 cm³/mol. The SMILES string of the molecule is O=C(OCc1ccccc1)c1c2c(nc3ccccc13)/C(=C/c1ccc(O)cc1)CC2. The van der Waals surface area contributed by atoms with E-state index >= 15 is 0 Å². The second kappa shape index (κ2) is 8.07. The minimum absolute atomic E-state index is 0.237. The predicted octanol–water partition coefficient (Wildman–Crippen LogP) is 5.78. The number of carbonyl (C=O) groups excluding carboxylic acids is 1. The highest BCUT2D eigenvalue weighted by molar-refractivity contribution is 6.07. The van der Waals surface area contributed by atoms with Crippen molar-refractivity contribution >= 4 is 28.5 Å². The number of hydrogen-bond acceptors (Lipinski definition) is 4. The number of allylic oxidation sites excluding steroid dienone is 1. The third-order valence-electron chi connectivity index (χ3n) is 5.59. The van der Waals surface area contributed by atoms with Crippen LogP contribution in [0.5, 0.6) is 5.75 Å². The van der Waals surface area contributed by atoms with Gasteiger partial charge >= 0.3 is 5.97 Å². The second-order valence-corrected chi connectivity index (χ2v) is 7.65. The maximum atomic E-state index is 13.2. The molecule has 1 N–H and O–H groups in total. The van der Waals surface area contributed by atoms with Crippen LogP contribution in [0.2, 0.25) is 0 Å². The molecule has 0 bridgehead atoms. The van der Waals surface area contributed by atoms with Crippen LogP contribution in [-0.4, -0.2) is 16.1 Å². The molecule has 0 aliphatic heterocycles. The van der Waals surface area contributed by atoms with Gasteiger partial charge in [-0.2, -0.15) is 0 Å². The maximum absolute atomic E-state index is 13.2. The first-order valence-corrected chi connectivity index (χ1v) is 10.3. The third-order valence-corrected chi connectivity index (χ3v) is 5.59. The first kappa shape index (κ1) is 19.1. The van der Waals surface area contributed by atoms with Crippen molar-refractivity contribution in [2.24, 2.45) is 0 Å². The molecule has 1 aliphatic carbocycles. The summed E-state index contributed by atoms with van der Waals surface area (Å²) in [6.07, 6.45) is 3.62. The first-order valence-electron chi connectivity index (χ1n) is 10.3. The zero-order valence-electron chi connectivity index (χ0n) is 16.9. The number of hydrogen-bond donors (Lipinski definition) is 1. The van der Waals surface area contributed by atoms with Crippen molar-refractivity contribution in [1.29, 1.82) is 0 Å². The number of phenols is 1. The number of nitrogens with zero attached hydrogens (tertiary/aromatic N) is 1. The molecule has 4 aromatic rings. The van der Waals surface area contributed by atoms with Gasteiger partial charge in [0.1, 0.15) is 12.4 Å². The van der Waals surface area contributed by atoms with Gasteiger partial charge in [0.25, 0.3) is 0 Å². The van der Waals surface area contributed by atoms with Crippen LogP contribution in [0, 0.1) is 0 Å². The van der Waals surface area contributed by atoms with Crippen molar-refractivity contribution in [2.75, 3.05) is 0 Å². The second-order valence-electron chi connectivity index (χ2n) is 7.65. The molecule has 4 heteroatoms. The fraction of sp³-hybridized carbons (Fsp3) is 0.111. The van der Waals surface area contributed by atoms with Crippen LogP contribution < -0.4 is 0 Å². The van der Waals surface area contributed by atoms with Gasteiger partial charge in [0, 0.05) is 5.39 Å². The molecule has 3 aromatic carbocycles. The van der Waals surface area contributed by atoms with E-state index in [1.54, 1.807) is 12.1 Å². The number of rotatable bonds is 4. The van der Waals surface area contributed by atoms with Crippen molar-refractivity contribution < 1.29 is 14.6 Å². The van der Waals surface area contributed by atoms with Gasteiger partial charge in [-0.05, 0) is 59.4 Å². The number of aromatic nitrogens is 1. The van der Waals surface area contributed by atoms with Gasteiger partial charge < -0.3 is 9.84 Å². The Hall–Kier alpha value is -3.92. The number of para-hydroxylation sites is 1. The first-order chi connectivity index (χ1) is 15.2. The summed E-state index contributed by atoms with van der Waals surface area (Å²) in [4.78, 5) is 18.1. The molecule has 0 saturated carbocycles. The average Bonchev–Trinajstić information content (AvgIpc) is 3.20. The molecule has 0 spiro atoms. The molecule has 0 unspecified atom stereocenters. The highest BCUT2D eigenvalue weighted by Crippen LogP contribution is 2.38. The standard InChI is InChI=1S/C27H21NO3/c29-21-13-10-18(11-14-21)16-20-12-15-23-25(22-8-4-5-9-24(22)28-26(20)23)27(30)31-17-19-6-2-1-3-7-19/h1-11,13-14,16,29H,12,15,17H2/b20-16+. The minimum atomic E-state index is -0.315. The lowest BCUT2D eigenvalue weighted by molar-refractivity contribution is 0.0474. The van der Waals surface area contributed by atoms with Crippen LogP contribution in [0.1, 0.15) is 39.2 Å². The van der Waals surface area contributed by atoms with E-state index in [2.05, 4.69) is 6.08 Å². The Morgan fingerprint density at radius 1 is 0.935 bits per heavy atom. The Kier molecular flexibility index (Phi) is 4.97. The maximum Gasteiger partial charge on any atom is 0.339 e. The van der Waals surface area contributed by atoms with E-state index in [0.29, 0.717) is 5.56 Å². The lowest BCUT2D eigenvalue weighted by Gasteiger charge is -2.12. The molecule has 1 aliphatic rings. The summed E-state index contributed by atoms with van der Waals surface area (Å²) >= 11 is 0. The fourth-order valence-corrected chi connectivity index (χ4v) is 4.08. The molecular formula is C27H21NO3. The topological polar surface area (TPSA) is 59.4 Å². The molecule has 5 rings (SSSR count). The van der Waals surface area contributed by atoms with Crippen molar-refractivity contribution in [3.63, 3.8) is 0 Å². The summed E-state index contributed by atoms with van der Waals surface area (Å²) in [5.41, 5.74) is 6.24. The Morgan fingerprint density at radius 2 is 1.68 bits per heavy atom. The van der Waals surface area contributed by atoms with Gasteiger partial charge in [0.15, 0.2) is 0 Å². The number of carbonyl (C=O) groups is 1. The zero-order valence-corrected chi connectivity index (χ0v) is 16.9. The van der Waals surface area contributed by atoms with Crippen molar-refractivity contribution in [3.05, 3.63) is 107 Å². The van der Waals surface area contributed by atoms with Crippen LogP contribution in [0.25, 0.3) is 22.6 Å². The van der Waals surface area contributed by atoms with Crippen LogP contribution in [0.15, 0.2) is 78.9 Å². The van der Waals surface area contributed by atoms with Gasteiger partial charge in [-0.3, -0.25) is 0 Å². The number of fused-ring (bicyclic) bond motifs is 2. The molecule has 1 heterocycles. The van der Waals surface area contributed by atoms with E-state index in [9.17, 15) is 9.90 Å². The molecule has 0 atom stereocenters. The quantitative estimate of drug-likeness (QED) is 0.435. The summed E-state index contributed by atoms with van der Waals surface area (Å²) in [5, 5.41) is 10.4. The summed E-state index contributed by atoms with van der Waals surface area (Å²) < 4.78 is 5.70. The van der Waals surface area contributed by atoms with Crippen molar-refractivity contribution in [2.45, 2.75) is 19.4 Å². The number of aromatic hydroxyl groups is 1. The molecule has 0 saturated heterocycles. The number of pyridine rings is 1. The molecule has 1 aromatic heterocycles. The van der Waals surface area contributed by atoms with Gasteiger partial charge in [-0.25, -0.2) is 9.78 Å². The molecule has 0 radical (unpaired) electrons. The van der Waals surface area contributed by atoms with Crippen LogP contribution in [-0.2, 0) is 17.8 Å². The average molecular weight is 407 g/mol. The largest absolute Gasteiger partial charge is 0.508 e. The lowest BCUT2D eigenvalue weighted by Crippen LogP contribution is -2.10. The monoisotopic (exact) mass is 407 g/mol. The Bertz CT molecular complexity index is 1290. The molecule has 0 fully saturated rings. The number of ether oxygens (including phenoxy) is 1. The highest BCUT2D eigenvalue weighted by atomic mass is 16.5. The zero-order chi connectivity index (χ0) is 21.2. The van der Waals surface area contributed by atoms with Crippen molar-refractivity contribution in [1.82, 2.24) is 4.98 Å².